The first-order valence-electron chi connectivity index (χ1n) is 10.5. The average Bonchev–Trinajstić information content (AvgIpc) is 2.68. The van der Waals surface area contributed by atoms with Gasteiger partial charge in [0.25, 0.3) is 0 Å². The fraction of sp³-hybridized carbons (Fsp3) is 0.944. The Morgan fingerprint density at radius 2 is 1.43 bits per heavy atom. The van der Waals surface area contributed by atoms with E-state index in [1.54, 1.807) is 6.92 Å². The molecule has 0 aromatic rings. The number of rotatable bonds is 20. The molecule has 1 amide bonds. The van der Waals surface area contributed by atoms with Crippen molar-refractivity contribution in [2.45, 2.75) is 57.9 Å². The number of hydrogen-bond acceptors (Lipinski definition) is 7. The Labute approximate surface area is 171 Å². The van der Waals surface area contributed by atoms with Gasteiger partial charge in [0.05, 0.1) is 11.8 Å². The molecule has 0 rings (SSSR count). The molecule has 168 valence electrons. The van der Waals surface area contributed by atoms with Crippen LogP contribution in [-0.4, -0.2) is 71.9 Å². The lowest BCUT2D eigenvalue weighted by Crippen LogP contribution is -2.41. The first-order valence-corrected chi connectivity index (χ1v) is 12.2. The predicted octanol–water partition coefficient (Wildman–Crippen LogP) is -0.762. The minimum absolute atomic E-state index is 0.0796. The first-order chi connectivity index (χ1) is 13.4. The summed E-state index contributed by atoms with van der Waals surface area (Å²) in [5.41, 5.74) is 11.3. The van der Waals surface area contributed by atoms with Crippen molar-refractivity contribution in [3.63, 3.8) is 0 Å². The number of carbonyl (C=O) groups is 1. The van der Waals surface area contributed by atoms with Gasteiger partial charge in [0.15, 0.2) is 0 Å². The summed E-state index contributed by atoms with van der Waals surface area (Å²) in [4.78, 5) is 11.9. The Morgan fingerprint density at radius 1 is 0.857 bits per heavy atom. The molecule has 0 fully saturated rings. The zero-order valence-electron chi connectivity index (χ0n) is 17.5. The number of unbranched alkanes of at least 4 members (excludes halogenated alkanes) is 2. The van der Waals surface area contributed by atoms with Crippen molar-refractivity contribution in [1.29, 1.82) is 0 Å². The van der Waals surface area contributed by atoms with E-state index in [2.05, 4.69) is 20.7 Å². The molecule has 0 radical (unpaired) electrons. The largest absolute Gasteiger partial charge is 0.355 e. The van der Waals surface area contributed by atoms with E-state index in [0.29, 0.717) is 32.4 Å². The van der Waals surface area contributed by atoms with Gasteiger partial charge >= 0.3 is 0 Å². The lowest BCUT2D eigenvalue weighted by molar-refractivity contribution is -0.122. The van der Waals surface area contributed by atoms with Gasteiger partial charge in [0, 0.05) is 13.1 Å². The minimum atomic E-state index is -3.14. The van der Waals surface area contributed by atoms with Crippen LogP contribution in [-0.2, 0) is 14.8 Å². The molecule has 8 N–H and O–H groups in total. The Morgan fingerprint density at radius 3 is 2.04 bits per heavy atom. The van der Waals surface area contributed by atoms with Crippen LogP contribution in [0.25, 0.3) is 0 Å². The Balaban J connectivity index is 3.44. The summed E-state index contributed by atoms with van der Waals surface area (Å²) in [6, 6.07) is -0.539. The van der Waals surface area contributed by atoms with Crippen LogP contribution in [0.4, 0.5) is 0 Å². The highest BCUT2D eigenvalue weighted by Gasteiger charge is 2.12. The fourth-order valence-electron chi connectivity index (χ4n) is 2.48. The number of carbonyl (C=O) groups excluding carboxylic acids is 1. The van der Waals surface area contributed by atoms with Gasteiger partial charge in [0.2, 0.25) is 15.9 Å². The molecule has 0 aliphatic rings. The number of nitrogens with two attached hydrogens (primary N) is 2. The number of amides is 1. The standard InChI is InChI=1S/C18H42N6O3S/c1-2-28(26,27)24-16-4-3-9-17(20)18(25)23-15-8-14-22-12-6-5-11-21-13-7-10-19/h17,21-22,24H,2-16,19-20H2,1H3,(H,23,25)/t17-/m1/s1. The lowest BCUT2D eigenvalue weighted by atomic mass is 10.1. The van der Waals surface area contributed by atoms with Gasteiger partial charge in [0.1, 0.15) is 0 Å². The number of nitrogens with one attached hydrogen (secondary N) is 4. The summed E-state index contributed by atoms with van der Waals surface area (Å²) in [5.74, 6) is -0.0614. The zero-order valence-corrected chi connectivity index (χ0v) is 18.3. The summed E-state index contributed by atoms with van der Waals surface area (Å²) in [7, 11) is -3.14. The average molecular weight is 423 g/mol. The molecular formula is C18H42N6O3S. The van der Waals surface area contributed by atoms with E-state index in [1.165, 1.54) is 0 Å². The number of hydrogen-bond donors (Lipinski definition) is 6. The van der Waals surface area contributed by atoms with Gasteiger partial charge in [-0.1, -0.05) is 6.42 Å². The summed E-state index contributed by atoms with van der Waals surface area (Å²) in [5, 5.41) is 9.57. The van der Waals surface area contributed by atoms with Crippen LogP contribution in [0.1, 0.15) is 51.9 Å². The molecule has 0 heterocycles. The second kappa shape index (κ2) is 18.3. The zero-order chi connectivity index (χ0) is 21.1. The molecule has 28 heavy (non-hydrogen) atoms. The van der Waals surface area contributed by atoms with E-state index in [9.17, 15) is 13.2 Å². The van der Waals surface area contributed by atoms with Gasteiger partial charge in [-0.15, -0.1) is 0 Å². The molecule has 0 spiro atoms. The second-order valence-electron chi connectivity index (χ2n) is 6.89. The summed E-state index contributed by atoms with van der Waals surface area (Å²) < 4.78 is 25.1. The molecular weight excluding hydrogens is 380 g/mol. The van der Waals surface area contributed by atoms with Crippen molar-refractivity contribution in [2.24, 2.45) is 11.5 Å². The smallest absolute Gasteiger partial charge is 0.236 e. The quantitative estimate of drug-likeness (QED) is 0.141. The summed E-state index contributed by atoms with van der Waals surface area (Å²) in [6.07, 6.45) is 6.10. The molecule has 1 atom stereocenters. The predicted molar refractivity (Wildman–Crippen MR) is 116 cm³/mol. The highest BCUT2D eigenvalue weighted by atomic mass is 32.2. The van der Waals surface area contributed by atoms with E-state index in [1.807, 2.05) is 0 Å². The Hall–Kier alpha value is -0.780. The monoisotopic (exact) mass is 422 g/mol. The Kier molecular flexibility index (Phi) is 17.8. The maximum atomic E-state index is 11.9. The molecule has 0 unspecified atom stereocenters. The van der Waals surface area contributed by atoms with Gasteiger partial charge in [-0.25, -0.2) is 13.1 Å². The van der Waals surface area contributed by atoms with Gasteiger partial charge < -0.3 is 27.4 Å². The van der Waals surface area contributed by atoms with Crippen LogP contribution < -0.4 is 32.1 Å². The van der Waals surface area contributed by atoms with Gasteiger partial charge in [-0.2, -0.15) is 0 Å². The van der Waals surface area contributed by atoms with Crippen molar-refractivity contribution in [3.8, 4) is 0 Å². The van der Waals surface area contributed by atoms with Crippen LogP contribution in [0.3, 0.4) is 0 Å². The topological polar surface area (TPSA) is 151 Å². The maximum Gasteiger partial charge on any atom is 0.236 e. The molecule has 10 heteroatoms. The lowest BCUT2D eigenvalue weighted by Gasteiger charge is -2.12. The summed E-state index contributed by atoms with van der Waals surface area (Å²) >= 11 is 0. The summed E-state index contributed by atoms with van der Waals surface area (Å²) in [6.45, 7) is 7.20. The third-order valence-electron chi connectivity index (χ3n) is 4.33. The van der Waals surface area contributed by atoms with Crippen molar-refractivity contribution in [3.05, 3.63) is 0 Å². The third kappa shape index (κ3) is 17.3. The highest BCUT2D eigenvalue weighted by molar-refractivity contribution is 7.89. The molecule has 0 bridgehead atoms. The Bertz CT molecular complexity index is 476. The normalized spacial score (nSPS) is 12.8. The highest BCUT2D eigenvalue weighted by Crippen LogP contribution is 1.99. The molecule has 0 aromatic heterocycles. The second-order valence-corrected chi connectivity index (χ2v) is 8.99. The fourth-order valence-corrected chi connectivity index (χ4v) is 3.14. The molecule has 0 aromatic carbocycles. The molecule has 0 aliphatic carbocycles. The van der Waals surface area contributed by atoms with E-state index in [0.717, 1.165) is 58.4 Å². The SMILES string of the molecule is CCS(=O)(=O)NCCCC[C@@H](N)C(=O)NCCCNCCCCNCCCN. The van der Waals surface area contributed by atoms with Crippen LogP contribution >= 0.6 is 0 Å². The third-order valence-corrected chi connectivity index (χ3v) is 5.73. The number of sulfonamides is 1. The van der Waals surface area contributed by atoms with Crippen molar-refractivity contribution in [2.75, 3.05) is 51.6 Å². The van der Waals surface area contributed by atoms with E-state index < -0.39 is 16.1 Å². The van der Waals surface area contributed by atoms with E-state index in [4.69, 9.17) is 11.5 Å². The van der Waals surface area contributed by atoms with Crippen molar-refractivity contribution >= 4 is 15.9 Å². The van der Waals surface area contributed by atoms with E-state index >= 15 is 0 Å². The van der Waals surface area contributed by atoms with Crippen LogP contribution in [0.5, 0.6) is 0 Å². The first kappa shape index (κ1) is 27.2. The maximum absolute atomic E-state index is 11.9. The van der Waals surface area contributed by atoms with Gasteiger partial charge in [-0.3, -0.25) is 4.79 Å². The molecule has 0 saturated carbocycles. The van der Waals surface area contributed by atoms with Gasteiger partial charge in [-0.05, 0) is 78.2 Å². The molecule has 9 nitrogen and oxygen atoms in total. The van der Waals surface area contributed by atoms with Crippen LogP contribution in [0.2, 0.25) is 0 Å². The van der Waals surface area contributed by atoms with Crippen LogP contribution in [0, 0.1) is 0 Å². The minimum Gasteiger partial charge on any atom is -0.355 e. The molecule has 0 saturated heterocycles. The van der Waals surface area contributed by atoms with Crippen molar-refractivity contribution < 1.29 is 13.2 Å². The van der Waals surface area contributed by atoms with Crippen molar-refractivity contribution in [1.82, 2.24) is 20.7 Å². The molecule has 0 aliphatic heterocycles. The van der Waals surface area contributed by atoms with Crippen LogP contribution in [0.15, 0.2) is 0 Å². The van der Waals surface area contributed by atoms with E-state index in [-0.39, 0.29) is 11.7 Å².